The number of halogens is 1. The molecular formula is C14H21FN2O2. The molecule has 0 aliphatic carbocycles. The van der Waals surface area contributed by atoms with E-state index >= 15 is 0 Å². The number of rotatable bonds is 4. The number of carbonyl (C=O) groups excluding carboxylic acids is 1. The molecule has 0 spiro atoms. The highest BCUT2D eigenvalue weighted by atomic mass is 19.1. The number of benzene rings is 1. The molecule has 0 aromatic heterocycles. The van der Waals surface area contributed by atoms with E-state index in [1.807, 2.05) is 0 Å². The molecule has 0 bridgehead atoms. The van der Waals surface area contributed by atoms with Gasteiger partial charge in [-0.1, -0.05) is 18.2 Å². The summed E-state index contributed by atoms with van der Waals surface area (Å²) in [7, 11) is 0. The van der Waals surface area contributed by atoms with Crippen molar-refractivity contribution < 1.29 is 13.9 Å². The molecule has 1 amide bonds. The van der Waals surface area contributed by atoms with Crippen LogP contribution in [0.5, 0.6) is 0 Å². The predicted octanol–water partition coefficient (Wildman–Crippen LogP) is 2.22. The van der Waals surface area contributed by atoms with Gasteiger partial charge >= 0.3 is 6.09 Å². The van der Waals surface area contributed by atoms with Gasteiger partial charge < -0.3 is 15.8 Å². The summed E-state index contributed by atoms with van der Waals surface area (Å²) in [6.07, 6.45) is -0.207. The monoisotopic (exact) mass is 268 g/mol. The molecule has 0 fully saturated rings. The second-order valence-corrected chi connectivity index (χ2v) is 5.37. The third-order valence-corrected chi connectivity index (χ3v) is 2.43. The molecule has 0 saturated heterocycles. The molecule has 1 rings (SSSR count). The van der Waals surface area contributed by atoms with Crippen LogP contribution in [-0.4, -0.2) is 24.3 Å². The number of nitrogens with two attached hydrogens (primary N) is 1. The fraction of sp³-hybridized carbons (Fsp3) is 0.500. The van der Waals surface area contributed by atoms with Crippen molar-refractivity contribution in [3.8, 4) is 0 Å². The zero-order valence-corrected chi connectivity index (χ0v) is 11.6. The Kier molecular flexibility index (Phi) is 5.30. The van der Waals surface area contributed by atoms with Crippen LogP contribution in [0.15, 0.2) is 24.3 Å². The Hall–Kier alpha value is -1.62. The molecule has 0 radical (unpaired) electrons. The van der Waals surface area contributed by atoms with Crippen molar-refractivity contribution in [2.24, 2.45) is 5.73 Å². The predicted molar refractivity (Wildman–Crippen MR) is 72.3 cm³/mol. The summed E-state index contributed by atoms with van der Waals surface area (Å²) in [6.45, 7) is 5.55. The van der Waals surface area contributed by atoms with Gasteiger partial charge in [-0.3, -0.25) is 0 Å². The molecule has 1 aromatic rings. The Bertz CT molecular complexity index is 430. The lowest BCUT2D eigenvalue weighted by molar-refractivity contribution is 0.0505. The van der Waals surface area contributed by atoms with Gasteiger partial charge in [0.05, 0.1) is 0 Å². The maximum absolute atomic E-state index is 13.5. The van der Waals surface area contributed by atoms with Crippen LogP contribution < -0.4 is 11.1 Å². The van der Waals surface area contributed by atoms with Gasteiger partial charge in [0, 0.05) is 12.6 Å². The fourth-order valence-electron chi connectivity index (χ4n) is 1.60. The first-order valence-corrected chi connectivity index (χ1v) is 6.25. The Morgan fingerprint density at radius 1 is 1.42 bits per heavy atom. The number of nitrogens with one attached hydrogen (secondary N) is 1. The lowest BCUT2D eigenvalue weighted by Crippen LogP contribution is -2.44. The van der Waals surface area contributed by atoms with Gasteiger partial charge in [-0.15, -0.1) is 0 Å². The highest BCUT2D eigenvalue weighted by Crippen LogP contribution is 2.10. The van der Waals surface area contributed by atoms with Crippen LogP contribution in [0.25, 0.3) is 0 Å². The summed E-state index contributed by atoms with van der Waals surface area (Å²) >= 11 is 0. The average molecular weight is 268 g/mol. The first-order valence-electron chi connectivity index (χ1n) is 6.25. The lowest BCUT2D eigenvalue weighted by atomic mass is 10.1. The molecule has 1 atom stereocenters. The van der Waals surface area contributed by atoms with Gasteiger partial charge in [0.15, 0.2) is 0 Å². The van der Waals surface area contributed by atoms with Crippen LogP contribution in [0.4, 0.5) is 9.18 Å². The first kappa shape index (κ1) is 15.4. The normalized spacial score (nSPS) is 12.9. The molecule has 106 valence electrons. The van der Waals surface area contributed by atoms with Crippen LogP contribution >= 0.6 is 0 Å². The Balaban J connectivity index is 2.60. The van der Waals surface area contributed by atoms with Gasteiger partial charge in [-0.05, 0) is 38.8 Å². The van der Waals surface area contributed by atoms with Crippen molar-refractivity contribution in [1.29, 1.82) is 0 Å². The Morgan fingerprint density at radius 3 is 2.58 bits per heavy atom. The minimum Gasteiger partial charge on any atom is -0.444 e. The van der Waals surface area contributed by atoms with E-state index in [-0.39, 0.29) is 18.4 Å². The van der Waals surface area contributed by atoms with Crippen molar-refractivity contribution >= 4 is 6.09 Å². The largest absolute Gasteiger partial charge is 0.444 e. The standard InChI is InChI=1S/C14H21FN2O2/c1-14(2,3)19-13(18)17-11(9-16)8-10-6-4-5-7-12(10)15/h4-7,11H,8-9,16H2,1-3H3,(H,17,18). The molecule has 4 nitrogen and oxygen atoms in total. The van der Waals surface area contributed by atoms with Gasteiger partial charge in [-0.2, -0.15) is 0 Å². The molecule has 3 N–H and O–H groups in total. The van der Waals surface area contributed by atoms with Gasteiger partial charge in [0.2, 0.25) is 0 Å². The summed E-state index contributed by atoms with van der Waals surface area (Å²) in [6, 6.07) is 6.08. The highest BCUT2D eigenvalue weighted by Gasteiger charge is 2.19. The van der Waals surface area contributed by atoms with E-state index in [1.165, 1.54) is 6.07 Å². The maximum atomic E-state index is 13.5. The van der Waals surface area contributed by atoms with Crippen LogP contribution in [-0.2, 0) is 11.2 Å². The van der Waals surface area contributed by atoms with Crippen molar-refractivity contribution in [2.45, 2.75) is 38.8 Å². The topological polar surface area (TPSA) is 64.3 Å². The summed E-state index contributed by atoms with van der Waals surface area (Å²) in [5, 5.41) is 2.65. The zero-order valence-electron chi connectivity index (χ0n) is 11.6. The lowest BCUT2D eigenvalue weighted by Gasteiger charge is -2.23. The van der Waals surface area contributed by atoms with Crippen LogP contribution in [0, 0.1) is 5.82 Å². The minimum absolute atomic E-state index is 0.216. The van der Waals surface area contributed by atoms with E-state index < -0.39 is 11.7 Å². The number of alkyl carbamates (subject to hydrolysis) is 1. The average Bonchev–Trinajstić information content (AvgIpc) is 2.28. The molecule has 0 aliphatic heterocycles. The highest BCUT2D eigenvalue weighted by molar-refractivity contribution is 5.68. The minimum atomic E-state index is -0.568. The fourth-order valence-corrected chi connectivity index (χ4v) is 1.60. The van der Waals surface area contributed by atoms with E-state index in [1.54, 1.807) is 39.0 Å². The molecule has 1 aromatic carbocycles. The van der Waals surface area contributed by atoms with Crippen LogP contribution in [0.2, 0.25) is 0 Å². The van der Waals surface area contributed by atoms with Crippen molar-refractivity contribution in [2.75, 3.05) is 6.54 Å². The number of hydrogen-bond acceptors (Lipinski definition) is 3. The first-order chi connectivity index (χ1) is 8.81. The smallest absolute Gasteiger partial charge is 0.407 e. The second-order valence-electron chi connectivity index (χ2n) is 5.37. The quantitative estimate of drug-likeness (QED) is 0.880. The summed E-state index contributed by atoms with van der Waals surface area (Å²) in [4.78, 5) is 11.6. The summed E-state index contributed by atoms with van der Waals surface area (Å²) in [5.74, 6) is -0.299. The Labute approximate surface area is 113 Å². The number of amides is 1. The molecular weight excluding hydrogens is 247 g/mol. The van der Waals surface area contributed by atoms with Gasteiger partial charge in [0.25, 0.3) is 0 Å². The number of ether oxygens (including phenoxy) is 1. The third kappa shape index (κ3) is 5.70. The molecule has 5 heteroatoms. The van der Waals surface area contributed by atoms with Crippen molar-refractivity contribution in [1.82, 2.24) is 5.32 Å². The van der Waals surface area contributed by atoms with Crippen molar-refractivity contribution in [3.05, 3.63) is 35.6 Å². The molecule has 0 saturated carbocycles. The molecule has 1 unspecified atom stereocenters. The van der Waals surface area contributed by atoms with E-state index in [0.717, 1.165) is 0 Å². The van der Waals surface area contributed by atoms with Crippen LogP contribution in [0.1, 0.15) is 26.3 Å². The SMILES string of the molecule is CC(C)(C)OC(=O)NC(CN)Cc1ccccc1F. The third-order valence-electron chi connectivity index (χ3n) is 2.43. The number of hydrogen-bond donors (Lipinski definition) is 2. The van der Waals surface area contributed by atoms with Crippen LogP contribution in [0.3, 0.4) is 0 Å². The summed E-state index contributed by atoms with van der Waals surface area (Å²) < 4.78 is 18.6. The van der Waals surface area contributed by atoms with E-state index in [2.05, 4.69) is 5.32 Å². The summed E-state index contributed by atoms with van der Waals surface area (Å²) in [5.41, 5.74) is 5.54. The maximum Gasteiger partial charge on any atom is 0.407 e. The number of carbonyl (C=O) groups is 1. The van der Waals surface area contributed by atoms with Gasteiger partial charge in [-0.25, -0.2) is 9.18 Å². The van der Waals surface area contributed by atoms with E-state index in [0.29, 0.717) is 12.0 Å². The molecule has 19 heavy (non-hydrogen) atoms. The zero-order chi connectivity index (χ0) is 14.5. The van der Waals surface area contributed by atoms with E-state index in [9.17, 15) is 9.18 Å². The van der Waals surface area contributed by atoms with E-state index in [4.69, 9.17) is 10.5 Å². The molecule has 0 aliphatic rings. The molecule has 0 heterocycles. The Morgan fingerprint density at radius 2 is 2.05 bits per heavy atom. The van der Waals surface area contributed by atoms with Crippen molar-refractivity contribution in [3.63, 3.8) is 0 Å². The van der Waals surface area contributed by atoms with Gasteiger partial charge in [0.1, 0.15) is 11.4 Å². The second kappa shape index (κ2) is 6.52.